The first-order chi connectivity index (χ1) is 9.63. The lowest BCUT2D eigenvalue weighted by Gasteiger charge is -2.23. The van der Waals surface area contributed by atoms with E-state index in [2.05, 4.69) is 9.88 Å². The van der Waals surface area contributed by atoms with Crippen LogP contribution in [0, 0.1) is 0 Å². The van der Waals surface area contributed by atoms with E-state index < -0.39 is 0 Å². The summed E-state index contributed by atoms with van der Waals surface area (Å²) >= 11 is 5.86. The van der Waals surface area contributed by atoms with Gasteiger partial charge in [-0.15, -0.1) is 0 Å². The summed E-state index contributed by atoms with van der Waals surface area (Å²) in [4.78, 5) is 20.8. The van der Waals surface area contributed by atoms with E-state index in [9.17, 15) is 4.79 Å². The second-order valence-electron chi connectivity index (χ2n) is 5.54. The van der Waals surface area contributed by atoms with Gasteiger partial charge in [0.15, 0.2) is 0 Å². The van der Waals surface area contributed by atoms with E-state index in [0.29, 0.717) is 11.6 Å². The lowest BCUT2D eigenvalue weighted by molar-refractivity contribution is 0.0780. The summed E-state index contributed by atoms with van der Waals surface area (Å²) in [5, 5.41) is 0.267. The number of nitrogens with two attached hydrogens (primary N) is 1. The Kier molecular flexibility index (Phi) is 3.81. The zero-order valence-corrected chi connectivity index (χ0v) is 12.1. The summed E-state index contributed by atoms with van der Waals surface area (Å²) < 4.78 is 0. The maximum Gasteiger partial charge on any atom is 0.254 e. The number of aromatic nitrogens is 1. The minimum Gasteiger partial charge on any atom is -0.384 e. The largest absolute Gasteiger partial charge is 0.384 e. The highest BCUT2D eigenvalue weighted by Gasteiger charge is 2.32. The predicted molar refractivity (Wildman–Crippen MR) is 78.8 cm³/mol. The molecule has 6 heteroatoms. The molecule has 0 saturated carbocycles. The highest BCUT2D eigenvalue weighted by atomic mass is 35.5. The molecule has 1 aromatic heterocycles. The summed E-state index contributed by atoms with van der Waals surface area (Å²) in [7, 11) is 0. The fraction of sp³-hybridized carbons (Fsp3) is 0.571. The maximum absolute atomic E-state index is 12.5. The number of nitrogens with zero attached hydrogens (tertiary/aromatic N) is 3. The number of hydrogen-bond donors (Lipinski definition) is 1. The molecule has 1 aromatic rings. The molecule has 0 bridgehead atoms. The molecule has 0 aromatic carbocycles. The molecular weight excluding hydrogens is 276 g/mol. The number of anilines is 1. The summed E-state index contributed by atoms with van der Waals surface area (Å²) in [6, 6.07) is 3.69. The van der Waals surface area contributed by atoms with Gasteiger partial charge in [-0.2, -0.15) is 0 Å². The molecule has 3 heterocycles. The topological polar surface area (TPSA) is 62.5 Å². The first-order valence-corrected chi connectivity index (χ1v) is 7.47. The summed E-state index contributed by atoms with van der Waals surface area (Å²) in [5.74, 6) is 0.291. The van der Waals surface area contributed by atoms with Crippen molar-refractivity contribution in [1.29, 1.82) is 0 Å². The van der Waals surface area contributed by atoms with Crippen molar-refractivity contribution in [3.05, 3.63) is 22.8 Å². The molecule has 2 saturated heterocycles. The normalized spacial score (nSPS) is 23.4. The number of rotatable bonds is 2. The van der Waals surface area contributed by atoms with Gasteiger partial charge in [0.05, 0.1) is 0 Å². The van der Waals surface area contributed by atoms with Crippen molar-refractivity contribution in [1.82, 2.24) is 14.8 Å². The molecule has 2 aliphatic heterocycles. The SMILES string of the molecule is Nc1cc(C(=O)N2CCC(N3CCCC3)C2)cc(Cl)n1. The third-order valence-electron chi connectivity index (χ3n) is 4.17. The van der Waals surface area contributed by atoms with Crippen molar-refractivity contribution in [2.45, 2.75) is 25.3 Å². The third-order valence-corrected chi connectivity index (χ3v) is 4.36. The van der Waals surface area contributed by atoms with E-state index in [4.69, 9.17) is 17.3 Å². The molecule has 0 aliphatic carbocycles. The lowest BCUT2D eigenvalue weighted by atomic mass is 10.2. The quantitative estimate of drug-likeness (QED) is 0.842. The van der Waals surface area contributed by atoms with Gasteiger partial charge in [0.2, 0.25) is 0 Å². The van der Waals surface area contributed by atoms with Gasteiger partial charge in [-0.25, -0.2) is 4.98 Å². The van der Waals surface area contributed by atoms with Gasteiger partial charge < -0.3 is 10.6 Å². The summed E-state index contributed by atoms with van der Waals surface area (Å²) in [6.07, 6.45) is 3.61. The molecular formula is C14H19ClN4O. The van der Waals surface area contributed by atoms with Crippen molar-refractivity contribution >= 4 is 23.3 Å². The number of halogens is 1. The van der Waals surface area contributed by atoms with Gasteiger partial charge in [0.25, 0.3) is 5.91 Å². The summed E-state index contributed by atoms with van der Waals surface area (Å²) in [5.41, 5.74) is 6.18. The van der Waals surface area contributed by atoms with E-state index >= 15 is 0 Å². The molecule has 2 N–H and O–H groups in total. The summed E-state index contributed by atoms with van der Waals surface area (Å²) in [6.45, 7) is 3.94. The van der Waals surface area contributed by atoms with Crippen LogP contribution in [0.5, 0.6) is 0 Å². The van der Waals surface area contributed by atoms with Gasteiger partial charge in [0, 0.05) is 24.7 Å². The smallest absolute Gasteiger partial charge is 0.254 e. The average Bonchev–Trinajstić information content (AvgIpc) is 3.07. The van der Waals surface area contributed by atoms with E-state index in [1.54, 1.807) is 12.1 Å². The van der Waals surface area contributed by atoms with Crippen molar-refractivity contribution in [2.24, 2.45) is 0 Å². The molecule has 1 amide bonds. The monoisotopic (exact) mass is 294 g/mol. The molecule has 2 aliphatic rings. The van der Waals surface area contributed by atoms with Crippen molar-refractivity contribution in [3.63, 3.8) is 0 Å². The van der Waals surface area contributed by atoms with Crippen LogP contribution in [-0.2, 0) is 0 Å². The molecule has 1 atom stereocenters. The minimum absolute atomic E-state index is 0.00250. The Balaban J connectivity index is 1.68. The number of likely N-dealkylation sites (tertiary alicyclic amines) is 2. The Morgan fingerprint density at radius 2 is 2.05 bits per heavy atom. The van der Waals surface area contributed by atoms with E-state index in [1.807, 2.05) is 4.90 Å². The van der Waals surface area contributed by atoms with Crippen molar-refractivity contribution < 1.29 is 4.79 Å². The first-order valence-electron chi connectivity index (χ1n) is 7.10. The fourth-order valence-corrected chi connectivity index (χ4v) is 3.37. The van der Waals surface area contributed by atoms with Crippen LogP contribution in [0.3, 0.4) is 0 Å². The Morgan fingerprint density at radius 1 is 1.30 bits per heavy atom. The van der Waals surface area contributed by atoms with Crippen LogP contribution in [0.1, 0.15) is 29.6 Å². The lowest BCUT2D eigenvalue weighted by Crippen LogP contribution is -2.37. The van der Waals surface area contributed by atoms with Gasteiger partial charge in [0.1, 0.15) is 11.0 Å². The Labute approximate surface area is 123 Å². The third kappa shape index (κ3) is 2.74. The van der Waals surface area contributed by atoms with Gasteiger partial charge in [-0.05, 0) is 44.5 Å². The average molecular weight is 295 g/mol. The zero-order chi connectivity index (χ0) is 14.1. The Morgan fingerprint density at radius 3 is 2.75 bits per heavy atom. The predicted octanol–water partition coefficient (Wildman–Crippen LogP) is 1.63. The Bertz CT molecular complexity index is 496. The van der Waals surface area contributed by atoms with Crippen LogP contribution >= 0.6 is 11.6 Å². The van der Waals surface area contributed by atoms with Gasteiger partial charge in [-0.1, -0.05) is 11.6 Å². The van der Waals surface area contributed by atoms with E-state index in [0.717, 1.165) is 19.5 Å². The number of hydrogen-bond acceptors (Lipinski definition) is 4. The van der Waals surface area contributed by atoms with E-state index in [1.165, 1.54) is 25.9 Å². The van der Waals surface area contributed by atoms with E-state index in [-0.39, 0.29) is 16.9 Å². The van der Waals surface area contributed by atoms with Crippen LogP contribution in [0.4, 0.5) is 5.82 Å². The molecule has 1 unspecified atom stereocenters. The molecule has 0 spiro atoms. The second kappa shape index (κ2) is 5.58. The highest BCUT2D eigenvalue weighted by Crippen LogP contribution is 2.22. The second-order valence-corrected chi connectivity index (χ2v) is 5.93. The van der Waals surface area contributed by atoms with Crippen LogP contribution in [0.25, 0.3) is 0 Å². The number of carbonyl (C=O) groups excluding carboxylic acids is 1. The van der Waals surface area contributed by atoms with Gasteiger partial charge >= 0.3 is 0 Å². The van der Waals surface area contributed by atoms with Crippen LogP contribution in [0.2, 0.25) is 5.15 Å². The standard InChI is InChI=1S/C14H19ClN4O/c15-12-7-10(8-13(16)17-12)14(20)19-6-3-11(9-19)18-4-1-2-5-18/h7-8,11H,1-6,9H2,(H2,16,17). The molecule has 5 nitrogen and oxygen atoms in total. The van der Waals surface area contributed by atoms with Crippen molar-refractivity contribution in [2.75, 3.05) is 31.9 Å². The zero-order valence-electron chi connectivity index (χ0n) is 11.4. The number of carbonyl (C=O) groups is 1. The van der Waals surface area contributed by atoms with Gasteiger partial charge in [-0.3, -0.25) is 9.69 Å². The molecule has 3 rings (SSSR count). The molecule has 0 radical (unpaired) electrons. The number of nitrogen functional groups attached to an aromatic ring is 1. The highest BCUT2D eigenvalue weighted by molar-refractivity contribution is 6.29. The minimum atomic E-state index is 0.00250. The molecule has 20 heavy (non-hydrogen) atoms. The number of pyridine rings is 1. The Hall–Kier alpha value is -1.33. The van der Waals surface area contributed by atoms with Crippen LogP contribution in [0.15, 0.2) is 12.1 Å². The molecule has 108 valence electrons. The number of amides is 1. The maximum atomic E-state index is 12.5. The van der Waals surface area contributed by atoms with Crippen molar-refractivity contribution in [3.8, 4) is 0 Å². The van der Waals surface area contributed by atoms with Crippen LogP contribution in [-0.4, -0.2) is 52.9 Å². The fourth-order valence-electron chi connectivity index (χ4n) is 3.15. The molecule has 2 fully saturated rings. The van der Waals surface area contributed by atoms with Crippen LogP contribution < -0.4 is 5.73 Å². The first kappa shape index (κ1) is 13.6.